The lowest BCUT2D eigenvalue weighted by molar-refractivity contribution is 0.965. The highest BCUT2D eigenvalue weighted by Gasteiger charge is 2.12. The number of anilines is 4. The molecule has 0 aliphatic heterocycles. The molecule has 0 saturated heterocycles. The molecule has 5 rings (SSSR count). The lowest BCUT2D eigenvalue weighted by Crippen LogP contribution is -2.06. The highest BCUT2D eigenvalue weighted by Crippen LogP contribution is 2.26. The van der Waals surface area contributed by atoms with E-state index in [9.17, 15) is 0 Å². The number of rotatable bonds is 7. The molecule has 0 aliphatic rings. The topological polar surface area (TPSA) is 75.6 Å². The lowest BCUT2D eigenvalue weighted by Gasteiger charge is -2.15. The van der Waals surface area contributed by atoms with E-state index in [1.54, 1.807) is 6.33 Å². The molecule has 35 heavy (non-hydrogen) atoms. The molecule has 0 bridgehead atoms. The van der Waals surface area contributed by atoms with Crippen molar-refractivity contribution in [2.24, 2.45) is 0 Å². The van der Waals surface area contributed by atoms with Gasteiger partial charge < -0.3 is 10.6 Å². The molecule has 6 nitrogen and oxygen atoms in total. The van der Waals surface area contributed by atoms with Gasteiger partial charge in [0.2, 0.25) is 0 Å². The molecule has 3 aromatic carbocycles. The van der Waals surface area contributed by atoms with E-state index in [4.69, 9.17) is 4.98 Å². The van der Waals surface area contributed by atoms with Gasteiger partial charge in [-0.05, 0) is 43.7 Å². The molecule has 0 atom stereocenters. The molecule has 6 heteroatoms. The first-order chi connectivity index (χ1) is 17.1. The minimum atomic E-state index is 0.742. The molecule has 2 heterocycles. The number of benzene rings is 3. The summed E-state index contributed by atoms with van der Waals surface area (Å²) in [6, 6.07) is 30.5. The number of nitrogens with one attached hydrogen (secondary N) is 2. The van der Waals surface area contributed by atoms with Crippen molar-refractivity contribution < 1.29 is 0 Å². The highest BCUT2D eigenvalue weighted by atomic mass is 15.0. The number of aryl methyl sites for hydroxylation is 2. The van der Waals surface area contributed by atoms with Gasteiger partial charge in [0.15, 0.2) is 0 Å². The third kappa shape index (κ3) is 5.50. The standard InChI is InChI=1S/C29H26N6/c1-20-26(17-22-9-5-3-6-10-22)29(33-21(2)32-20)35-25-15-13-24(14-16-25)34-28-18-27(30-19-31-28)23-11-7-4-8-12-23/h3-16,18-19H,17H2,1-2H3,(H,30,31,34)(H,32,33,35). The van der Waals surface area contributed by atoms with Gasteiger partial charge in [-0.25, -0.2) is 19.9 Å². The summed E-state index contributed by atoms with van der Waals surface area (Å²) in [6.07, 6.45) is 2.35. The monoisotopic (exact) mass is 458 g/mol. The Kier molecular flexibility index (Phi) is 6.44. The van der Waals surface area contributed by atoms with Crippen molar-refractivity contribution in [2.45, 2.75) is 20.3 Å². The number of nitrogens with zero attached hydrogens (tertiary/aromatic N) is 4. The van der Waals surface area contributed by atoms with Crippen LogP contribution in [0.2, 0.25) is 0 Å². The van der Waals surface area contributed by atoms with Crippen LogP contribution in [0.15, 0.2) is 97.3 Å². The van der Waals surface area contributed by atoms with Crippen LogP contribution in [0, 0.1) is 13.8 Å². The van der Waals surface area contributed by atoms with Crippen molar-refractivity contribution in [1.29, 1.82) is 0 Å². The second-order valence-electron chi connectivity index (χ2n) is 8.33. The molecule has 2 N–H and O–H groups in total. The molecule has 0 amide bonds. The lowest BCUT2D eigenvalue weighted by atomic mass is 10.0. The first-order valence-electron chi connectivity index (χ1n) is 11.5. The maximum Gasteiger partial charge on any atom is 0.137 e. The summed E-state index contributed by atoms with van der Waals surface area (Å²) in [5.74, 6) is 2.33. The van der Waals surface area contributed by atoms with Crippen LogP contribution in [0.1, 0.15) is 22.6 Å². The highest BCUT2D eigenvalue weighted by molar-refractivity contribution is 5.68. The van der Waals surface area contributed by atoms with Crippen LogP contribution in [-0.4, -0.2) is 19.9 Å². The fourth-order valence-electron chi connectivity index (χ4n) is 3.96. The Bertz CT molecular complexity index is 1420. The summed E-state index contributed by atoms with van der Waals surface area (Å²) >= 11 is 0. The van der Waals surface area contributed by atoms with Crippen molar-refractivity contribution in [2.75, 3.05) is 10.6 Å². The van der Waals surface area contributed by atoms with E-state index >= 15 is 0 Å². The predicted molar refractivity (Wildman–Crippen MR) is 141 cm³/mol. The summed E-state index contributed by atoms with van der Waals surface area (Å²) in [5, 5.41) is 6.85. The Hall–Kier alpha value is -4.58. The molecule has 0 aliphatic carbocycles. The van der Waals surface area contributed by atoms with E-state index in [1.165, 1.54) is 5.56 Å². The molecule has 0 fully saturated rings. The summed E-state index contributed by atoms with van der Waals surface area (Å²) in [6.45, 7) is 3.96. The summed E-state index contributed by atoms with van der Waals surface area (Å²) in [4.78, 5) is 18.0. The zero-order valence-corrected chi connectivity index (χ0v) is 19.7. The minimum absolute atomic E-state index is 0.742. The Morgan fingerprint density at radius 2 is 1.34 bits per heavy atom. The number of hydrogen-bond acceptors (Lipinski definition) is 6. The van der Waals surface area contributed by atoms with Crippen molar-refractivity contribution in [1.82, 2.24) is 19.9 Å². The zero-order valence-electron chi connectivity index (χ0n) is 19.7. The Balaban J connectivity index is 1.33. The van der Waals surface area contributed by atoms with Crippen molar-refractivity contribution in [3.8, 4) is 11.3 Å². The zero-order chi connectivity index (χ0) is 24.0. The first kappa shape index (κ1) is 22.2. The van der Waals surface area contributed by atoms with Crippen molar-refractivity contribution >= 4 is 23.0 Å². The molecule has 0 saturated carbocycles. The van der Waals surface area contributed by atoms with E-state index in [2.05, 4.69) is 49.9 Å². The third-order valence-corrected chi connectivity index (χ3v) is 5.71. The van der Waals surface area contributed by atoms with Crippen LogP contribution in [0.3, 0.4) is 0 Å². The molecule has 172 valence electrons. The van der Waals surface area contributed by atoms with Crippen molar-refractivity contribution in [3.63, 3.8) is 0 Å². The van der Waals surface area contributed by atoms with E-state index in [-0.39, 0.29) is 0 Å². The van der Waals surface area contributed by atoms with Gasteiger partial charge in [0.1, 0.15) is 23.8 Å². The quantitative estimate of drug-likeness (QED) is 0.285. The molecule has 5 aromatic rings. The Morgan fingerprint density at radius 3 is 2.06 bits per heavy atom. The van der Waals surface area contributed by atoms with Crippen LogP contribution >= 0.6 is 0 Å². The minimum Gasteiger partial charge on any atom is -0.340 e. The van der Waals surface area contributed by atoms with Crippen LogP contribution in [0.5, 0.6) is 0 Å². The van der Waals surface area contributed by atoms with E-state index < -0.39 is 0 Å². The van der Waals surface area contributed by atoms with Gasteiger partial charge in [-0.1, -0.05) is 60.7 Å². The molecule has 2 aromatic heterocycles. The van der Waals surface area contributed by atoms with Gasteiger partial charge >= 0.3 is 0 Å². The second-order valence-corrected chi connectivity index (χ2v) is 8.33. The summed E-state index contributed by atoms with van der Waals surface area (Å²) < 4.78 is 0. The smallest absolute Gasteiger partial charge is 0.137 e. The van der Waals surface area contributed by atoms with Gasteiger partial charge in [0.25, 0.3) is 0 Å². The largest absolute Gasteiger partial charge is 0.340 e. The molecule has 0 unspecified atom stereocenters. The van der Waals surface area contributed by atoms with E-state index in [0.717, 1.165) is 57.8 Å². The van der Waals surface area contributed by atoms with Crippen LogP contribution in [0.4, 0.5) is 23.0 Å². The van der Waals surface area contributed by atoms with Gasteiger partial charge in [-0.2, -0.15) is 0 Å². The summed E-state index contributed by atoms with van der Waals surface area (Å²) in [5.41, 5.74) is 7.13. The fourth-order valence-corrected chi connectivity index (χ4v) is 3.96. The van der Waals surface area contributed by atoms with E-state index in [1.807, 2.05) is 80.6 Å². The van der Waals surface area contributed by atoms with Crippen molar-refractivity contribution in [3.05, 3.63) is 120 Å². The van der Waals surface area contributed by atoms with Crippen LogP contribution in [-0.2, 0) is 6.42 Å². The molecular weight excluding hydrogens is 432 g/mol. The Labute approximate surface area is 205 Å². The van der Waals surface area contributed by atoms with Gasteiger partial charge in [-0.15, -0.1) is 0 Å². The fraction of sp³-hybridized carbons (Fsp3) is 0.103. The molecular formula is C29H26N6. The molecule has 0 radical (unpaired) electrons. The maximum absolute atomic E-state index is 4.70. The van der Waals surface area contributed by atoms with Crippen LogP contribution < -0.4 is 10.6 Å². The van der Waals surface area contributed by atoms with Crippen LogP contribution in [0.25, 0.3) is 11.3 Å². The SMILES string of the molecule is Cc1nc(C)c(Cc2ccccc2)c(Nc2ccc(Nc3cc(-c4ccccc4)ncn3)cc2)n1. The second kappa shape index (κ2) is 10.1. The summed E-state index contributed by atoms with van der Waals surface area (Å²) in [7, 11) is 0. The van der Waals surface area contributed by atoms with Gasteiger partial charge in [-0.3, -0.25) is 0 Å². The number of hydrogen-bond donors (Lipinski definition) is 2. The average molecular weight is 459 g/mol. The predicted octanol–water partition coefficient (Wildman–Crippen LogP) is 6.63. The maximum atomic E-state index is 4.70. The third-order valence-electron chi connectivity index (χ3n) is 5.71. The van der Waals surface area contributed by atoms with Gasteiger partial charge in [0.05, 0.1) is 5.69 Å². The van der Waals surface area contributed by atoms with Gasteiger partial charge in [0, 0.05) is 40.7 Å². The van der Waals surface area contributed by atoms with E-state index in [0.29, 0.717) is 0 Å². The Morgan fingerprint density at radius 1 is 0.686 bits per heavy atom. The number of aromatic nitrogens is 4. The molecule has 0 spiro atoms. The normalized spacial score (nSPS) is 10.7. The first-order valence-corrected chi connectivity index (χ1v) is 11.5. The average Bonchev–Trinajstić information content (AvgIpc) is 2.89.